The Hall–Kier alpha value is -1.12. The van der Waals surface area contributed by atoms with Gasteiger partial charge in [0.15, 0.2) is 0 Å². The van der Waals surface area contributed by atoms with Crippen LogP contribution in [0.25, 0.3) is 0 Å². The number of Topliss-reactive ketones (excluding diaryl/α,β-unsaturated/α-hetero) is 1. The molecule has 3 heteroatoms. The van der Waals surface area contributed by atoms with Crippen LogP contribution in [0, 0.1) is 0 Å². The molecular weight excluding hydrogens is 166 g/mol. The Morgan fingerprint density at radius 3 is 2.69 bits per heavy atom. The first kappa shape index (κ1) is 9.96. The monoisotopic (exact) mass is 181 g/mol. The fourth-order valence-corrected chi connectivity index (χ4v) is 1.24. The summed E-state index contributed by atoms with van der Waals surface area (Å²) in [5.41, 5.74) is 1.20. The van der Waals surface area contributed by atoms with Crippen LogP contribution in [0.15, 0.2) is 11.6 Å². The molecule has 0 saturated carbocycles. The Kier molecular flexibility index (Phi) is 3.23. The molecule has 0 unspecified atom stereocenters. The fourth-order valence-electron chi connectivity index (χ4n) is 1.24. The number of ketones is 1. The summed E-state index contributed by atoms with van der Waals surface area (Å²) in [4.78, 5) is 23.9. The van der Waals surface area contributed by atoms with Crippen molar-refractivity contribution in [3.05, 3.63) is 11.6 Å². The molecule has 72 valence electrons. The number of allylic oxidation sites excluding steroid dienone is 1. The Morgan fingerprint density at radius 2 is 2.15 bits per heavy atom. The van der Waals surface area contributed by atoms with Gasteiger partial charge >= 0.3 is 0 Å². The molecule has 1 amide bonds. The summed E-state index contributed by atoms with van der Waals surface area (Å²) >= 11 is 0. The molecular formula is C10H15NO2. The van der Waals surface area contributed by atoms with E-state index in [2.05, 4.69) is 0 Å². The highest BCUT2D eigenvalue weighted by Crippen LogP contribution is 2.07. The lowest BCUT2D eigenvalue weighted by Crippen LogP contribution is -2.39. The van der Waals surface area contributed by atoms with Gasteiger partial charge in [0.2, 0.25) is 5.91 Å². The van der Waals surface area contributed by atoms with Crippen LogP contribution in [-0.4, -0.2) is 29.7 Å². The quantitative estimate of drug-likeness (QED) is 0.473. The van der Waals surface area contributed by atoms with Crippen molar-refractivity contribution in [1.29, 1.82) is 0 Å². The Labute approximate surface area is 78.4 Å². The number of carbonyl (C=O) groups excluding carboxylic acids is 2. The molecule has 3 nitrogen and oxygen atoms in total. The molecule has 1 aliphatic rings. The highest BCUT2D eigenvalue weighted by atomic mass is 16.2. The van der Waals surface area contributed by atoms with Crippen LogP contribution >= 0.6 is 0 Å². The van der Waals surface area contributed by atoms with E-state index in [0.717, 1.165) is 0 Å². The van der Waals surface area contributed by atoms with Crippen molar-refractivity contribution in [2.24, 2.45) is 0 Å². The van der Waals surface area contributed by atoms with E-state index in [1.54, 1.807) is 4.90 Å². The van der Waals surface area contributed by atoms with Gasteiger partial charge in [-0.1, -0.05) is 11.6 Å². The normalized spacial score (nSPS) is 17.5. The van der Waals surface area contributed by atoms with Crippen LogP contribution in [0.2, 0.25) is 0 Å². The molecule has 1 rings (SSSR count). The molecule has 1 saturated heterocycles. The van der Waals surface area contributed by atoms with Crippen molar-refractivity contribution in [2.75, 3.05) is 13.1 Å². The van der Waals surface area contributed by atoms with E-state index in [-0.39, 0.29) is 18.1 Å². The van der Waals surface area contributed by atoms with E-state index in [1.807, 2.05) is 19.9 Å². The Balaban J connectivity index is 2.47. The summed E-state index contributed by atoms with van der Waals surface area (Å²) in [7, 11) is 0. The van der Waals surface area contributed by atoms with Crippen LogP contribution < -0.4 is 0 Å². The van der Waals surface area contributed by atoms with Gasteiger partial charge in [0.05, 0.1) is 6.42 Å². The number of likely N-dealkylation sites (tertiary alicyclic amines) is 1. The standard InChI is InChI=1S/C10H15NO2/c1-8(2)3-5-11-6-4-9(12)7-10(11)13/h3H,4-7H2,1-2H3. The number of piperidine rings is 1. The van der Waals surface area contributed by atoms with Gasteiger partial charge in [-0.2, -0.15) is 0 Å². The molecule has 0 N–H and O–H groups in total. The van der Waals surface area contributed by atoms with Gasteiger partial charge in [0, 0.05) is 19.5 Å². The molecule has 0 aromatic heterocycles. The van der Waals surface area contributed by atoms with Crippen LogP contribution in [0.5, 0.6) is 0 Å². The molecule has 13 heavy (non-hydrogen) atoms. The number of amides is 1. The third-order valence-corrected chi connectivity index (χ3v) is 2.08. The molecule has 1 fully saturated rings. The van der Waals surface area contributed by atoms with Crippen molar-refractivity contribution < 1.29 is 9.59 Å². The van der Waals surface area contributed by atoms with E-state index in [9.17, 15) is 9.59 Å². The van der Waals surface area contributed by atoms with E-state index in [1.165, 1.54) is 5.57 Å². The van der Waals surface area contributed by atoms with Crippen LogP contribution in [0.1, 0.15) is 26.7 Å². The maximum atomic E-state index is 11.3. The predicted molar refractivity (Wildman–Crippen MR) is 50.3 cm³/mol. The average molecular weight is 181 g/mol. The third-order valence-electron chi connectivity index (χ3n) is 2.08. The fraction of sp³-hybridized carbons (Fsp3) is 0.600. The summed E-state index contributed by atoms with van der Waals surface area (Å²) in [6.07, 6.45) is 2.62. The van der Waals surface area contributed by atoms with Crippen LogP contribution in [0.4, 0.5) is 0 Å². The van der Waals surface area contributed by atoms with Crippen LogP contribution in [0.3, 0.4) is 0 Å². The first-order chi connectivity index (χ1) is 6.09. The average Bonchev–Trinajstić information content (AvgIpc) is 2.02. The van der Waals surface area contributed by atoms with Crippen molar-refractivity contribution in [2.45, 2.75) is 26.7 Å². The number of hydrogen-bond acceptors (Lipinski definition) is 2. The lowest BCUT2D eigenvalue weighted by molar-refractivity contribution is -0.138. The minimum Gasteiger partial charge on any atom is -0.338 e. The van der Waals surface area contributed by atoms with Gasteiger partial charge in [0.25, 0.3) is 0 Å². The smallest absolute Gasteiger partial charge is 0.230 e. The zero-order valence-electron chi connectivity index (χ0n) is 8.17. The van der Waals surface area contributed by atoms with Gasteiger partial charge in [-0.15, -0.1) is 0 Å². The summed E-state index contributed by atoms with van der Waals surface area (Å²) in [5.74, 6) is 0.0344. The first-order valence-corrected chi connectivity index (χ1v) is 4.52. The van der Waals surface area contributed by atoms with E-state index in [4.69, 9.17) is 0 Å². The number of rotatable bonds is 2. The molecule has 1 aliphatic heterocycles. The highest BCUT2D eigenvalue weighted by molar-refractivity contribution is 6.00. The predicted octanol–water partition coefficient (Wildman–Crippen LogP) is 1.14. The van der Waals surface area contributed by atoms with Gasteiger partial charge in [-0.25, -0.2) is 0 Å². The summed E-state index contributed by atoms with van der Waals surface area (Å²) < 4.78 is 0. The summed E-state index contributed by atoms with van der Waals surface area (Å²) in [5, 5.41) is 0. The zero-order valence-corrected chi connectivity index (χ0v) is 8.17. The second kappa shape index (κ2) is 4.21. The lowest BCUT2D eigenvalue weighted by Gasteiger charge is -2.24. The van der Waals surface area contributed by atoms with Crippen molar-refractivity contribution in [1.82, 2.24) is 4.90 Å². The maximum absolute atomic E-state index is 11.3. The van der Waals surface area contributed by atoms with Gasteiger partial charge in [0.1, 0.15) is 5.78 Å². The summed E-state index contributed by atoms with van der Waals surface area (Å²) in [6.45, 7) is 5.23. The van der Waals surface area contributed by atoms with Crippen molar-refractivity contribution >= 4 is 11.7 Å². The first-order valence-electron chi connectivity index (χ1n) is 4.52. The van der Waals surface area contributed by atoms with Crippen molar-refractivity contribution in [3.63, 3.8) is 0 Å². The SMILES string of the molecule is CC(C)=CCN1CCC(=O)CC1=O. The molecule has 1 heterocycles. The van der Waals surface area contributed by atoms with Gasteiger partial charge in [-0.05, 0) is 13.8 Å². The van der Waals surface area contributed by atoms with E-state index >= 15 is 0 Å². The Bertz CT molecular complexity index is 252. The van der Waals surface area contributed by atoms with Crippen LogP contribution in [-0.2, 0) is 9.59 Å². The lowest BCUT2D eigenvalue weighted by atomic mass is 10.1. The highest BCUT2D eigenvalue weighted by Gasteiger charge is 2.22. The topological polar surface area (TPSA) is 37.4 Å². The number of hydrogen-bond donors (Lipinski definition) is 0. The second-order valence-electron chi connectivity index (χ2n) is 3.59. The largest absolute Gasteiger partial charge is 0.338 e. The molecule has 0 aromatic rings. The third kappa shape index (κ3) is 3.01. The molecule has 0 radical (unpaired) electrons. The minimum absolute atomic E-state index is 0.0336. The minimum atomic E-state index is -0.0336. The van der Waals surface area contributed by atoms with E-state index < -0.39 is 0 Å². The number of carbonyl (C=O) groups is 2. The number of nitrogens with zero attached hydrogens (tertiary/aromatic N) is 1. The molecule has 0 aromatic carbocycles. The maximum Gasteiger partial charge on any atom is 0.230 e. The zero-order chi connectivity index (χ0) is 9.84. The molecule has 0 aliphatic carbocycles. The molecule has 0 bridgehead atoms. The van der Waals surface area contributed by atoms with Gasteiger partial charge < -0.3 is 4.90 Å². The Morgan fingerprint density at radius 1 is 1.46 bits per heavy atom. The van der Waals surface area contributed by atoms with Gasteiger partial charge in [-0.3, -0.25) is 9.59 Å². The second-order valence-corrected chi connectivity index (χ2v) is 3.59. The van der Waals surface area contributed by atoms with Crippen molar-refractivity contribution in [3.8, 4) is 0 Å². The summed E-state index contributed by atoms with van der Waals surface area (Å²) in [6, 6.07) is 0. The van der Waals surface area contributed by atoms with E-state index in [0.29, 0.717) is 19.5 Å². The molecule has 0 spiro atoms. The molecule has 0 atom stereocenters.